The fraction of sp³-hybridized carbons (Fsp3) is 0.688. The fourth-order valence-corrected chi connectivity index (χ4v) is 3.69. The maximum Gasteiger partial charge on any atom is 0.221 e. The molecule has 6 heteroatoms. The number of amides is 1. The third kappa shape index (κ3) is 4.88. The quantitative estimate of drug-likeness (QED) is 0.754. The second-order valence-electron chi connectivity index (χ2n) is 5.94. The number of carbonyl (C=O) groups is 2. The molecule has 1 aliphatic carbocycles. The van der Waals surface area contributed by atoms with Crippen LogP contribution in [0.2, 0.25) is 0 Å². The Labute approximate surface area is 135 Å². The Hall–Kier alpha value is -1.27. The lowest BCUT2D eigenvalue weighted by atomic mass is 9.83. The van der Waals surface area contributed by atoms with E-state index in [1.165, 1.54) is 11.3 Å². The second kappa shape index (κ2) is 8.39. The Morgan fingerprint density at radius 3 is 2.68 bits per heavy atom. The van der Waals surface area contributed by atoms with E-state index in [0.717, 1.165) is 37.0 Å². The molecule has 0 atom stereocenters. The molecule has 1 saturated carbocycles. The van der Waals surface area contributed by atoms with Crippen LogP contribution in [0, 0.1) is 5.92 Å². The number of aryl methyl sites for hydroxylation is 1. The predicted molar refractivity (Wildman–Crippen MR) is 88.0 cm³/mol. The van der Waals surface area contributed by atoms with E-state index in [1.54, 1.807) is 0 Å². The number of aromatic nitrogens is 1. The van der Waals surface area contributed by atoms with Crippen molar-refractivity contribution in [2.45, 2.75) is 57.9 Å². The van der Waals surface area contributed by atoms with Gasteiger partial charge in [-0.25, -0.2) is 4.98 Å². The molecule has 1 fully saturated rings. The number of hydrogen-bond donors (Lipinski definition) is 2. The maximum absolute atomic E-state index is 12.3. The summed E-state index contributed by atoms with van der Waals surface area (Å²) < 4.78 is 0. The van der Waals surface area contributed by atoms with Crippen LogP contribution in [0.5, 0.6) is 0 Å². The predicted octanol–water partition coefficient (Wildman–Crippen LogP) is 2.30. The number of Topliss-reactive ketones (excluding diaryl/α,β-unsaturated/α-hetero) is 1. The largest absolute Gasteiger partial charge is 0.353 e. The summed E-state index contributed by atoms with van der Waals surface area (Å²) in [5.41, 5.74) is 5.38. The number of carbonyl (C=O) groups excluding carboxylic acids is 2. The van der Waals surface area contributed by atoms with Crippen LogP contribution in [0.3, 0.4) is 0 Å². The molecule has 0 bridgehead atoms. The van der Waals surface area contributed by atoms with Gasteiger partial charge in [0.05, 0.1) is 0 Å². The molecule has 1 aromatic rings. The van der Waals surface area contributed by atoms with E-state index in [9.17, 15) is 9.59 Å². The van der Waals surface area contributed by atoms with Crippen LogP contribution in [0.1, 0.15) is 60.1 Å². The molecule has 22 heavy (non-hydrogen) atoms. The third-order valence-corrected chi connectivity index (χ3v) is 5.38. The van der Waals surface area contributed by atoms with Gasteiger partial charge in [-0.1, -0.05) is 6.92 Å². The lowest BCUT2D eigenvalue weighted by Crippen LogP contribution is -2.38. The molecule has 3 N–H and O–H groups in total. The topological polar surface area (TPSA) is 85.1 Å². The first-order valence-corrected chi connectivity index (χ1v) is 8.91. The minimum atomic E-state index is 0.0388. The second-order valence-corrected chi connectivity index (χ2v) is 7.05. The number of rotatable bonds is 7. The number of nitrogens with zero attached hydrogens (tertiary/aromatic N) is 1. The summed E-state index contributed by atoms with van der Waals surface area (Å²) in [7, 11) is 0. The molecule has 0 aromatic carbocycles. The molecule has 1 heterocycles. The third-order valence-electron chi connectivity index (χ3n) is 4.20. The average molecular weight is 323 g/mol. The SMILES string of the molecule is CCc1cnc(C(=O)CC2CCC(NC(=O)CCN)CC2)s1. The zero-order chi connectivity index (χ0) is 15.9. The van der Waals surface area contributed by atoms with Crippen molar-refractivity contribution < 1.29 is 9.59 Å². The zero-order valence-corrected chi connectivity index (χ0v) is 14.0. The van der Waals surface area contributed by atoms with Crippen LogP contribution in [-0.4, -0.2) is 29.3 Å². The van der Waals surface area contributed by atoms with Crippen LogP contribution < -0.4 is 11.1 Å². The Morgan fingerprint density at radius 1 is 1.36 bits per heavy atom. The van der Waals surface area contributed by atoms with Gasteiger partial charge in [-0.3, -0.25) is 9.59 Å². The van der Waals surface area contributed by atoms with Crippen LogP contribution >= 0.6 is 11.3 Å². The standard InChI is InChI=1S/C16H25N3O2S/c1-2-13-10-18-16(22-13)14(20)9-11-3-5-12(6-4-11)19-15(21)7-8-17/h10-12H,2-9,17H2,1H3,(H,19,21). The highest BCUT2D eigenvalue weighted by atomic mass is 32.1. The molecule has 0 saturated heterocycles. The zero-order valence-electron chi connectivity index (χ0n) is 13.1. The van der Waals surface area contributed by atoms with Crippen LogP contribution in [0.4, 0.5) is 0 Å². The Morgan fingerprint density at radius 2 is 2.09 bits per heavy atom. The summed E-state index contributed by atoms with van der Waals surface area (Å²) in [5.74, 6) is 0.626. The van der Waals surface area contributed by atoms with Crippen molar-refractivity contribution in [1.82, 2.24) is 10.3 Å². The van der Waals surface area contributed by atoms with E-state index in [0.29, 0.717) is 30.3 Å². The van der Waals surface area contributed by atoms with Crippen molar-refractivity contribution >= 4 is 23.0 Å². The van der Waals surface area contributed by atoms with Gasteiger partial charge >= 0.3 is 0 Å². The summed E-state index contributed by atoms with van der Waals surface area (Å²) in [6, 6.07) is 0.247. The highest BCUT2D eigenvalue weighted by molar-refractivity contribution is 7.13. The van der Waals surface area contributed by atoms with Crippen molar-refractivity contribution in [3.8, 4) is 0 Å². The van der Waals surface area contributed by atoms with Crippen molar-refractivity contribution in [2.24, 2.45) is 11.7 Å². The molecular weight excluding hydrogens is 298 g/mol. The summed E-state index contributed by atoms with van der Waals surface area (Å²) in [4.78, 5) is 29.2. The number of thiazole rings is 1. The first kappa shape index (κ1) is 17.1. The molecule has 0 spiro atoms. The van der Waals surface area contributed by atoms with Gasteiger partial charge < -0.3 is 11.1 Å². The van der Waals surface area contributed by atoms with E-state index >= 15 is 0 Å². The average Bonchev–Trinajstić information content (AvgIpc) is 2.98. The number of hydrogen-bond acceptors (Lipinski definition) is 5. The monoisotopic (exact) mass is 323 g/mol. The van der Waals surface area contributed by atoms with Gasteiger partial charge in [-0.2, -0.15) is 0 Å². The Balaban J connectivity index is 1.75. The summed E-state index contributed by atoms with van der Waals surface area (Å²) >= 11 is 1.51. The van der Waals surface area contributed by atoms with Crippen molar-refractivity contribution in [3.05, 3.63) is 16.1 Å². The van der Waals surface area contributed by atoms with Gasteiger partial charge in [0.25, 0.3) is 0 Å². The van der Waals surface area contributed by atoms with Crippen molar-refractivity contribution in [3.63, 3.8) is 0 Å². The van der Waals surface area contributed by atoms with Gasteiger partial charge in [0.15, 0.2) is 10.8 Å². The first-order chi connectivity index (χ1) is 10.6. The minimum absolute atomic E-state index is 0.0388. The van der Waals surface area contributed by atoms with E-state index < -0.39 is 0 Å². The van der Waals surface area contributed by atoms with Crippen LogP contribution in [0.25, 0.3) is 0 Å². The van der Waals surface area contributed by atoms with Crippen molar-refractivity contribution in [1.29, 1.82) is 0 Å². The molecule has 0 radical (unpaired) electrons. The molecule has 5 nitrogen and oxygen atoms in total. The Kier molecular flexibility index (Phi) is 6.51. The van der Waals surface area contributed by atoms with Gasteiger partial charge in [0.2, 0.25) is 5.91 Å². The van der Waals surface area contributed by atoms with Crippen LogP contribution in [-0.2, 0) is 11.2 Å². The smallest absolute Gasteiger partial charge is 0.221 e. The summed E-state index contributed by atoms with van der Waals surface area (Å²) in [6.07, 6.45) is 7.60. The van der Waals surface area contributed by atoms with E-state index in [1.807, 2.05) is 6.20 Å². The molecule has 1 aromatic heterocycles. The Bertz CT molecular complexity index is 507. The molecule has 2 rings (SSSR count). The van der Waals surface area contributed by atoms with E-state index in [2.05, 4.69) is 17.2 Å². The van der Waals surface area contributed by atoms with Gasteiger partial charge in [-0.15, -0.1) is 11.3 Å². The molecular formula is C16H25N3O2S. The van der Waals surface area contributed by atoms with E-state index in [-0.39, 0.29) is 17.7 Å². The number of nitrogens with two attached hydrogens (primary N) is 1. The molecule has 0 unspecified atom stereocenters. The van der Waals surface area contributed by atoms with E-state index in [4.69, 9.17) is 5.73 Å². The normalized spacial score (nSPS) is 21.5. The lowest BCUT2D eigenvalue weighted by molar-refractivity contribution is -0.121. The molecule has 1 amide bonds. The number of ketones is 1. The highest BCUT2D eigenvalue weighted by Crippen LogP contribution is 2.28. The fourth-order valence-electron chi connectivity index (χ4n) is 2.89. The summed E-state index contributed by atoms with van der Waals surface area (Å²) in [5, 5.41) is 3.67. The summed E-state index contributed by atoms with van der Waals surface area (Å²) in [6.45, 7) is 2.46. The lowest BCUT2D eigenvalue weighted by Gasteiger charge is -2.28. The minimum Gasteiger partial charge on any atom is -0.353 e. The van der Waals surface area contributed by atoms with Gasteiger partial charge in [0, 0.05) is 36.5 Å². The first-order valence-electron chi connectivity index (χ1n) is 8.09. The van der Waals surface area contributed by atoms with Gasteiger partial charge in [0.1, 0.15) is 0 Å². The van der Waals surface area contributed by atoms with Gasteiger partial charge in [-0.05, 0) is 38.0 Å². The molecule has 0 aliphatic heterocycles. The maximum atomic E-state index is 12.3. The molecule has 122 valence electrons. The molecule has 1 aliphatic rings. The number of nitrogens with one attached hydrogen (secondary N) is 1. The van der Waals surface area contributed by atoms with Crippen LogP contribution in [0.15, 0.2) is 6.20 Å². The highest BCUT2D eigenvalue weighted by Gasteiger charge is 2.25. The van der Waals surface area contributed by atoms with Crippen molar-refractivity contribution in [2.75, 3.05) is 6.54 Å².